The summed E-state index contributed by atoms with van der Waals surface area (Å²) in [5, 5.41) is 10.9. The molecule has 0 unspecified atom stereocenters. The second-order valence-electron chi connectivity index (χ2n) is 2.52. The van der Waals surface area contributed by atoms with Crippen molar-refractivity contribution < 1.29 is 4.79 Å². The molecule has 0 aliphatic carbocycles. The van der Waals surface area contributed by atoms with Crippen molar-refractivity contribution >= 4 is 6.03 Å². The van der Waals surface area contributed by atoms with Gasteiger partial charge in [-0.1, -0.05) is 0 Å². The van der Waals surface area contributed by atoms with Crippen molar-refractivity contribution in [1.29, 1.82) is 0 Å². The summed E-state index contributed by atoms with van der Waals surface area (Å²) in [4.78, 5) is 21.8. The van der Waals surface area contributed by atoms with Gasteiger partial charge >= 0.3 is 11.7 Å². The number of carbonyl (C=O) groups excluding carboxylic acids is 1. The summed E-state index contributed by atoms with van der Waals surface area (Å²) in [5.41, 5.74) is -0.645. The first-order valence-electron chi connectivity index (χ1n) is 3.42. The highest BCUT2D eigenvalue weighted by atomic mass is 16.2. The molecule has 7 heteroatoms. The van der Waals surface area contributed by atoms with Crippen LogP contribution in [0.15, 0.2) is 4.79 Å². The van der Waals surface area contributed by atoms with Crippen LogP contribution in [0.4, 0.5) is 4.79 Å². The van der Waals surface area contributed by atoms with Gasteiger partial charge in [0.25, 0.3) is 0 Å². The molecule has 1 heterocycles. The smallest absolute Gasteiger partial charge is 0.334 e. The van der Waals surface area contributed by atoms with Crippen LogP contribution in [0.2, 0.25) is 0 Å². The molecule has 1 amide bonds. The fourth-order valence-electron chi connectivity index (χ4n) is 0.639. The van der Waals surface area contributed by atoms with Gasteiger partial charge in [0.2, 0.25) is 0 Å². The van der Waals surface area contributed by atoms with Gasteiger partial charge in [-0.25, -0.2) is 14.7 Å². The minimum Gasteiger partial charge on any atom is -0.334 e. The maximum Gasteiger partial charge on any atom is 0.369 e. The van der Waals surface area contributed by atoms with Crippen LogP contribution in [0.25, 0.3) is 0 Å². The second kappa shape index (κ2) is 3.16. The lowest BCUT2D eigenvalue weighted by atomic mass is 10.4. The van der Waals surface area contributed by atoms with Gasteiger partial charge in [0.1, 0.15) is 0 Å². The molecule has 2 N–H and O–H groups in total. The fraction of sp³-hybridized carbons (Fsp3) is 0.600. The highest BCUT2D eigenvalue weighted by molar-refractivity contribution is 5.75. The minimum absolute atomic E-state index is 0.0406. The Balaban J connectivity index is 2.79. The minimum atomic E-state index is -0.645. The van der Waals surface area contributed by atoms with Crippen molar-refractivity contribution in [3.05, 3.63) is 10.5 Å². The van der Waals surface area contributed by atoms with Crippen LogP contribution < -0.4 is 11.0 Å². The number of carbonyl (C=O) groups is 1. The molecule has 0 bridgehead atoms. The number of rotatable bonds is 1. The highest BCUT2D eigenvalue weighted by Gasteiger charge is 2.09. The zero-order valence-electron chi connectivity index (χ0n) is 6.74. The summed E-state index contributed by atoms with van der Waals surface area (Å²) < 4.78 is 0.625. The molecule has 1 aromatic heterocycles. The molecule has 0 atom stereocenters. The quantitative estimate of drug-likeness (QED) is 0.526. The molecular formula is C5H9N5O2. The van der Waals surface area contributed by atoms with E-state index in [1.165, 1.54) is 0 Å². The Labute approximate surface area is 67.7 Å². The molecule has 0 fully saturated rings. The van der Waals surface area contributed by atoms with Gasteiger partial charge in [0, 0.05) is 6.04 Å². The first-order valence-corrected chi connectivity index (χ1v) is 3.42. The lowest BCUT2D eigenvalue weighted by Crippen LogP contribution is -2.39. The van der Waals surface area contributed by atoms with Gasteiger partial charge in [-0.05, 0) is 24.3 Å². The summed E-state index contributed by atoms with van der Waals surface area (Å²) in [6.07, 6.45) is 0. The van der Waals surface area contributed by atoms with Gasteiger partial charge in [-0.2, -0.15) is 0 Å². The molecule has 0 saturated carbocycles. The average Bonchev–Trinajstić information content (AvgIpc) is 2.33. The Morgan fingerprint density at radius 2 is 2.33 bits per heavy atom. The van der Waals surface area contributed by atoms with E-state index in [2.05, 4.69) is 15.7 Å². The highest BCUT2D eigenvalue weighted by Crippen LogP contribution is 1.78. The van der Waals surface area contributed by atoms with Crippen molar-refractivity contribution in [2.45, 2.75) is 19.9 Å². The summed E-state index contributed by atoms with van der Waals surface area (Å²) in [7, 11) is 0. The van der Waals surface area contributed by atoms with Crippen LogP contribution in [0.1, 0.15) is 13.8 Å². The molecule has 0 spiro atoms. The van der Waals surface area contributed by atoms with Crippen molar-refractivity contribution in [1.82, 2.24) is 25.5 Å². The molecule has 0 saturated heterocycles. The van der Waals surface area contributed by atoms with Gasteiger partial charge in [-0.15, -0.1) is 4.68 Å². The maximum atomic E-state index is 11.1. The summed E-state index contributed by atoms with van der Waals surface area (Å²) in [5.74, 6) is 0. The van der Waals surface area contributed by atoms with E-state index in [4.69, 9.17) is 0 Å². The average molecular weight is 171 g/mol. The van der Waals surface area contributed by atoms with E-state index in [1.54, 1.807) is 13.8 Å². The second-order valence-corrected chi connectivity index (χ2v) is 2.52. The maximum absolute atomic E-state index is 11.1. The van der Waals surface area contributed by atoms with E-state index in [0.717, 1.165) is 0 Å². The molecule has 0 aliphatic heterocycles. The monoisotopic (exact) mass is 171 g/mol. The van der Waals surface area contributed by atoms with Crippen molar-refractivity contribution in [3.8, 4) is 0 Å². The lowest BCUT2D eigenvalue weighted by molar-refractivity contribution is 0.236. The number of nitrogens with zero attached hydrogens (tertiary/aromatic N) is 3. The number of tetrazole rings is 1. The molecule has 0 radical (unpaired) electrons. The number of hydrogen-bond acceptors (Lipinski definition) is 4. The first-order chi connectivity index (χ1) is 5.61. The van der Waals surface area contributed by atoms with Crippen molar-refractivity contribution in [2.75, 3.05) is 0 Å². The molecule has 1 rings (SSSR count). The van der Waals surface area contributed by atoms with Gasteiger partial charge in [-0.3, -0.25) is 0 Å². The predicted octanol–water partition coefficient (Wildman–Crippen LogP) is -1.07. The molecule has 1 aromatic rings. The van der Waals surface area contributed by atoms with E-state index in [1.807, 2.05) is 5.10 Å². The van der Waals surface area contributed by atoms with Crippen LogP contribution in [-0.4, -0.2) is 32.3 Å². The van der Waals surface area contributed by atoms with Gasteiger partial charge in [0.05, 0.1) is 0 Å². The first kappa shape index (κ1) is 8.44. The lowest BCUT2D eigenvalue weighted by Gasteiger charge is -2.04. The molecular weight excluding hydrogens is 162 g/mol. The summed E-state index contributed by atoms with van der Waals surface area (Å²) >= 11 is 0. The van der Waals surface area contributed by atoms with E-state index in [-0.39, 0.29) is 6.04 Å². The molecule has 66 valence electrons. The van der Waals surface area contributed by atoms with E-state index < -0.39 is 11.7 Å². The van der Waals surface area contributed by atoms with E-state index in [9.17, 15) is 9.59 Å². The number of hydrogen-bond donors (Lipinski definition) is 2. The predicted molar refractivity (Wildman–Crippen MR) is 39.7 cm³/mol. The van der Waals surface area contributed by atoms with Gasteiger partial charge < -0.3 is 5.32 Å². The van der Waals surface area contributed by atoms with Crippen LogP contribution in [0.3, 0.4) is 0 Å². The largest absolute Gasteiger partial charge is 0.369 e. The van der Waals surface area contributed by atoms with Crippen LogP contribution in [0, 0.1) is 0 Å². The van der Waals surface area contributed by atoms with Crippen LogP contribution in [-0.2, 0) is 0 Å². The third-order valence-corrected chi connectivity index (χ3v) is 1.08. The molecule has 0 aliphatic rings. The van der Waals surface area contributed by atoms with Crippen molar-refractivity contribution in [2.24, 2.45) is 0 Å². The van der Waals surface area contributed by atoms with Gasteiger partial charge in [0.15, 0.2) is 0 Å². The number of amides is 1. The summed E-state index contributed by atoms with van der Waals surface area (Å²) in [6, 6.07) is -0.621. The molecule has 7 nitrogen and oxygen atoms in total. The van der Waals surface area contributed by atoms with E-state index in [0.29, 0.717) is 4.68 Å². The topological polar surface area (TPSA) is 92.7 Å². The third kappa shape index (κ3) is 1.68. The number of aromatic nitrogens is 4. The fourth-order valence-corrected chi connectivity index (χ4v) is 0.639. The number of H-pyrrole nitrogens is 1. The zero-order chi connectivity index (χ0) is 9.14. The van der Waals surface area contributed by atoms with E-state index >= 15 is 0 Å². The summed E-state index contributed by atoms with van der Waals surface area (Å²) in [6.45, 7) is 3.56. The standard InChI is InChI=1S/C5H9N5O2/c1-3(2)6-4(11)10-5(12)7-8-9-10/h3H,1-2H3,(H,6,11)(H,7,9,12). The zero-order valence-corrected chi connectivity index (χ0v) is 6.74. The Bertz CT molecular complexity index is 325. The number of aromatic amines is 1. The normalized spacial score (nSPS) is 10.2. The Morgan fingerprint density at radius 1 is 1.67 bits per heavy atom. The van der Waals surface area contributed by atoms with Crippen LogP contribution in [0.5, 0.6) is 0 Å². The Kier molecular flexibility index (Phi) is 2.22. The molecule has 12 heavy (non-hydrogen) atoms. The number of nitrogens with one attached hydrogen (secondary N) is 2. The molecule has 0 aromatic carbocycles. The Morgan fingerprint density at radius 3 is 2.75 bits per heavy atom. The van der Waals surface area contributed by atoms with Crippen molar-refractivity contribution in [3.63, 3.8) is 0 Å². The SMILES string of the molecule is CC(C)NC(=O)n1nn[nH]c1=O. The Hall–Kier alpha value is -1.66. The third-order valence-electron chi connectivity index (χ3n) is 1.08. The van der Waals surface area contributed by atoms with Crippen LogP contribution >= 0.6 is 0 Å².